The van der Waals surface area contributed by atoms with Gasteiger partial charge in [-0.25, -0.2) is 0 Å². The highest BCUT2D eigenvalue weighted by atomic mass is 35.5. The van der Waals surface area contributed by atoms with Crippen LogP contribution in [0.2, 0.25) is 5.02 Å². The summed E-state index contributed by atoms with van der Waals surface area (Å²) in [4.78, 5) is 27.3. The zero-order valence-corrected chi connectivity index (χ0v) is 18.9. The Kier molecular flexibility index (Phi) is 9.55. The van der Waals surface area contributed by atoms with Gasteiger partial charge in [-0.15, -0.1) is 11.8 Å². The Labute approximate surface area is 183 Å². The third kappa shape index (κ3) is 7.41. The van der Waals surface area contributed by atoms with Crippen LogP contribution in [-0.2, 0) is 21.9 Å². The molecule has 0 spiro atoms. The van der Waals surface area contributed by atoms with Crippen LogP contribution in [0.3, 0.4) is 0 Å². The standard InChI is InChI=1S/C23H29ClN2O2S/c1-4-21(23(28)25-5-2)26(14-18-10-12-20(24)13-11-18)22(27)16-29-15-19-8-6-17(3)7-9-19/h6-13,21H,4-5,14-16H2,1-3H3,(H,25,28)/t21-/m1/s1. The average molecular weight is 433 g/mol. The molecule has 0 aliphatic heterocycles. The van der Waals surface area contributed by atoms with Gasteiger partial charge in [0.15, 0.2) is 0 Å². The Morgan fingerprint density at radius 2 is 1.66 bits per heavy atom. The molecule has 2 aromatic carbocycles. The van der Waals surface area contributed by atoms with E-state index in [1.165, 1.54) is 11.1 Å². The average Bonchev–Trinajstić information content (AvgIpc) is 2.71. The lowest BCUT2D eigenvalue weighted by Crippen LogP contribution is -2.49. The molecule has 0 radical (unpaired) electrons. The van der Waals surface area contributed by atoms with Crippen molar-refractivity contribution in [2.24, 2.45) is 0 Å². The minimum atomic E-state index is -0.488. The van der Waals surface area contributed by atoms with Gasteiger partial charge < -0.3 is 10.2 Å². The quantitative estimate of drug-likeness (QED) is 0.585. The summed E-state index contributed by atoms with van der Waals surface area (Å²) in [5, 5.41) is 3.50. The summed E-state index contributed by atoms with van der Waals surface area (Å²) in [6.07, 6.45) is 0.563. The molecule has 0 unspecified atom stereocenters. The molecular weight excluding hydrogens is 404 g/mol. The summed E-state index contributed by atoms with van der Waals surface area (Å²) in [5.41, 5.74) is 3.36. The number of hydrogen-bond donors (Lipinski definition) is 1. The minimum absolute atomic E-state index is 0.0323. The molecule has 2 amide bonds. The van der Waals surface area contributed by atoms with Crippen LogP contribution in [0.25, 0.3) is 0 Å². The fourth-order valence-electron chi connectivity index (χ4n) is 3.02. The molecule has 4 nitrogen and oxygen atoms in total. The number of nitrogens with one attached hydrogen (secondary N) is 1. The predicted molar refractivity (Wildman–Crippen MR) is 122 cm³/mol. The SMILES string of the molecule is CCNC(=O)[C@@H](CC)N(Cc1ccc(Cl)cc1)C(=O)CSCc1ccc(C)cc1. The van der Waals surface area contributed by atoms with Crippen molar-refractivity contribution in [1.82, 2.24) is 10.2 Å². The summed E-state index contributed by atoms with van der Waals surface area (Å²) >= 11 is 7.55. The van der Waals surface area contributed by atoms with Gasteiger partial charge in [-0.1, -0.05) is 60.5 Å². The van der Waals surface area contributed by atoms with Gasteiger partial charge in [0.25, 0.3) is 0 Å². The summed E-state index contributed by atoms with van der Waals surface area (Å²) in [6, 6.07) is 15.2. The van der Waals surface area contributed by atoms with Crippen molar-refractivity contribution in [2.75, 3.05) is 12.3 Å². The van der Waals surface area contributed by atoms with Crippen LogP contribution in [0.4, 0.5) is 0 Å². The number of halogens is 1. The fraction of sp³-hybridized carbons (Fsp3) is 0.391. The third-order valence-corrected chi connectivity index (χ3v) is 5.86. The molecule has 0 saturated carbocycles. The maximum absolute atomic E-state index is 13.1. The zero-order valence-electron chi connectivity index (χ0n) is 17.3. The molecule has 1 N–H and O–H groups in total. The van der Waals surface area contributed by atoms with E-state index in [9.17, 15) is 9.59 Å². The van der Waals surface area contributed by atoms with Gasteiger partial charge in [0.2, 0.25) is 11.8 Å². The fourth-order valence-corrected chi connectivity index (χ4v) is 4.02. The van der Waals surface area contributed by atoms with E-state index in [-0.39, 0.29) is 11.8 Å². The summed E-state index contributed by atoms with van der Waals surface area (Å²) < 4.78 is 0. The van der Waals surface area contributed by atoms with Crippen molar-refractivity contribution >= 4 is 35.2 Å². The zero-order chi connectivity index (χ0) is 21.2. The number of carbonyl (C=O) groups is 2. The smallest absolute Gasteiger partial charge is 0.242 e. The molecule has 2 aromatic rings. The normalized spacial score (nSPS) is 11.7. The number of benzene rings is 2. The van der Waals surface area contributed by atoms with Crippen molar-refractivity contribution in [1.29, 1.82) is 0 Å². The lowest BCUT2D eigenvalue weighted by atomic mass is 10.1. The molecule has 0 heterocycles. The second kappa shape index (κ2) is 11.9. The van der Waals surface area contributed by atoms with Crippen molar-refractivity contribution in [3.8, 4) is 0 Å². The van der Waals surface area contributed by atoms with E-state index in [0.29, 0.717) is 30.3 Å². The van der Waals surface area contributed by atoms with E-state index >= 15 is 0 Å². The van der Waals surface area contributed by atoms with Gasteiger partial charge in [0.1, 0.15) is 6.04 Å². The van der Waals surface area contributed by atoms with E-state index in [2.05, 4.69) is 36.5 Å². The number of aryl methyl sites for hydroxylation is 1. The maximum atomic E-state index is 13.1. The van der Waals surface area contributed by atoms with Gasteiger partial charge in [-0.2, -0.15) is 0 Å². The second-order valence-electron chi connectivity index (χ2n) is 6.95. The first-order valence-corrected chi connectivity index (χ1v) is 11.4. The molecule has 0 bridgehead atoms. The van der Waals surface area contributed by atoms with Crippen molar-refractivity contribution in [2.45, 2.75) is 45.5 Å². The van der Waals surface area contributed by atoms with E-state index in [4.69, 9.17) is 11.6 Å². The molecular formula is C23H29ClN2O2S. The van der Waals surface area contributed by atoms with Gasteiger partial charge in [0, 0.05) is 23.9 Å². The van der Waals surface area contributed by atoms with E-state index in [0.717, 1.165) is 11.3 Å². The molecule has 0 fully saturated rings. The highest BCUT2D eigenvalue weighted by Crippen LogP contribution is 2.18. The molecule has 0 aliphatic rings. The molecule has 0 aromatic heterocycles. The van der Waals surface area contributed by atoms with E-state index in [1.807, 2.05) is 26.0 Å². The van der Waals surface area contributed by atoms with E-state index in [1.54, 1.807) is 28.8 Å². The van der Waals surface area contributed by atoms with Crippen molar-refractivity contribution in [3.05, 3.63) is 70.2 Å². The molecule has 156 valence electrons. The van der Waals surface area contributed by atoms with Crippen LogP contribution in [0.5, 0.6) is 0 Å². The molecule has 6 heteroatoms. The summed E-state index contributed by atoms with van der Waals surface area (Å²) in [7, 11) is 0. The highest BCUT2D eigenvalue weighted by molar-refractivity contribution is 7.99. The van der Waals surface area contributed by atoms with Crippen LogP contribution >= 0.6 is 23.4 Å². The molecule has 29 heavy (non-hydrogen) atoms. The Bertz CT molecular complexity index is 794. The summed E-state index contributed by atoms with van der Waals surface area (Å²) in [6.45, 7) is 6.80. The minimum Gasteiger partial charge on any atom is -0.355 e. The number of thioether (sulfide) groups is 1. The monoisotopic (exact) mass is 432 g/mol. The topological polar surface area (TPSA) is 49.4 Å². The molecule has 2 rings (SSSR count). The Morgan fingerprint density at radius 1 is 1.03 bits per heavy atom. The molecule has 1 atom stereocenters. The lowest BCUT2D eigenvalue weighted by molar-refractivity contribution is -0.139. The number of nitrogens with zero attached hydrogens (tertiary/aromatic N) is 1. The van der Waals surface area contributed by atoms with Crippen LogP contribution < -0.4 is 5.32 Å². The van der Waals surface area contributed by atoms with Crippen LogP contribution in [0.1, 0.15) is 37.0 Å². The first kappa shape index (κ1) is 23.3. The number of rotatable bonds is 10. The van der Waals surface area contributed by atoms with Gasteiger partial charge >= 0.3 is 0 Å². The van der Waals surface area contributed by atoms with E-state index < -0.39 is 6.04 Å². The van der Waals surface area contributed by atoms with Crippen LogP contribution in [-0.4, -0.2) is 35.1 Å². The predicted octanol–water partition coefficient (Wildman–Crippen LogP) is 4.83. The van der Waals surface area contributed by atoms with Crippen LogP contribution in [0, 0.1) is 6.92 Å². The molecule has 0 saturated heterocycles. The first-order chi connectivity index (χ1) is 13.9. The summed E-state index contributed by atoms with van der Waals surface area (Å²) in [5.74, 6) is 0.951. The third-order valence-electron chi connectivity index (χ3n) is 4.62. The second-order valence-corrected chi connectivity index (χ2v) is 8.37. The number of hydrogen-bond acceptors (Lipinski definition) is 3. The Morgan fingerprint density at radius 3 is 2.24 bits per heavy atom. The number of carbonyl (C=O) groups excluding carboxylic acids is 2. The first-order valence-electron chi connectivity index (χ1n) is 9.89. The molecule has 0 aliphatic carbocycles. The van der Waals surface area contributed by atoms with Crippen LogP contribution in [0.15, 0.2) is 48.5 Å². The Balaban J connectivity index is 2.08. The van der Waals surface area contributed by atoms with Gasteiger partial charge in [0.05, 0.1) is 5.75 Å². The number of likely N-dealkylation sites (N-methyl/N-ethyl adjacent to an activating group) is 1. The Hall–Kier alpha value is -1.98. The lowest BCUT2D eigenvalue weighted by Gasteiger charge is -2.30. The maximum Gasteiger partial charge on any atom is 0.242 e. The highest BCUT2D eigenvalue weighted by Gasteiger charge is 2.28. The van der Waals surface area contributed by atoms with Crippen molar-refractivity contribution < 1.29 is 9.59 Å². The van der Waals surface area contributed by atoms with Crippen molar-refractivity contribution in [3.63, 3.8) is 0 Å². The number of amides is 2. The largest absolute Gasteiger partial charge is 0.355 e. The van der Waals surface area contributed by atoms with Gasteiger partial charge in [-0.05, 0) is 43.5 Å². The van der Waals surface area contributed by atoms with Gasteiger partial charge in [-0.3, -0.25) is 9.59 Å².